The summed E-state index contributed by atoms with van der Waals surface area (Å²) in [6.07, 6.45) is 0.160. The maximum absolute atomic E-state index is 13.1. The predicted octanol–water partition coefficient (Wildman–Crippen LogP) is 2.80. The number of benzene rings is 1. The van der Waals surface area contributed by atoms with Crippen molar-refractivity contribution < 1.29 is 29.0 Å². The van der Waals surface area contributed by atoms with Gasteiger partial charge in [-0.25, -0.2) is 9.59 Å². The van der Waals surface area contributed by atoms with Crippen LogP contribution in [0.4, 0.5) is 9.59 Å². The second-order valence-corrected chi connectivity index (χ2v) is 9.02. The molecule has 0 aliphatic carbocycles. The molecule has 1 aromatic carbocycles. The molecule has 1 aromatic rings. The lowest BCUT2D eigenvalue weighted by atomic mass is 9.96. The number of methoxy groups -OCH3 is 1. The molecular formula is C23H37N3O6. The van der Waals surface area contributed by atoms with E-state index in [2.05, 4.69) is 10.1 Å². The Hall–Kier alpha value is -2.65. The Balaban J connectivity index is 3.03. The molecule has 2 atom stereocenters. The highest BCUT2D eigenvalue weighted by Crippen LogP contribution is 2.20. The van der Waals surface area contributed by atoms with E-state index in [9.17, 15) is 19.5 Å². The van der Waals surface area contributed by atoms with E-state index >= 15 is 0 Å². The molecule has 0 radical (unpaired) electrons. The van der Waals surface area contributed by atoms with Gasteiger partial charge < -0.3 is 19.9 Å². The second-order valence-electron chi connectivity index (χ2n) is 9.02. The fourth-order valence-electron chi connectivity index (χ4n) is 3.04. The van der Waals surface area contributed by atoms with Crippen molar-refractivity contribution in [1.82, 2.24) is 10.2 Å². The second kappa shape index (κ2) is 11.8. The standard InChI is InChI=1S/C23H37N3O6/c1-16(2)18(25-20(28)31-6)19(27)23(24,30)26(21(29)32-22(3,4)5)15-11-10-14-17-12-8-7-9-13-17/h7-9,12-13,16,18,30H,10-11,14-15,24H2,1-6H3,(H,25,28)/t18-,23-/m0/s1. The van der Waals surface area contributed by atoms with Crippen molar-refractivity contribution in [2.75, 3.05) is 13.7 Å². The van der Waals surface area contributed by atoms with E-state index in [0.717, 1.165) is 24.0 Å². The zero-order valence-electron chi connectivity index (χ0n) is 19.9. The van der Waals surface area contributed by atoms with Gasteiger partial charge in [0.25, 0.3) is 5.85 Å². The third-order valence-corrected chi connectivity index (χ3v) is 4.74. The molecule has 4 N–H and O–H groups in total. The number of alkyl carbamates (subject to hydrolysis) is 1. The average molecular weight is 452 g/mol. The normalized spacial score (nSPS) is 14.3. The number of aliphatic hydroxyl groups is 1. The Morgan fingerprint density at radius 2 is 1.72 bits per heavy atom. The highest BCUT2D eigenvalue weighted by molar-refractivity contribution is 5.95. The monoisotopic (exact) mass is 451 g/mol. The zero-order valence-corrected chi connectivity index (χ0v) is 19.9. The summed E-state index contributed by atoms with van der Waals surface area (Å²) >= 11 is 0. The maximum atomic E-state index is 13.1. The molecule has 180 valence electrons. The SMILES string of the molecule is COC(=O)N[C@H](C(=O)[C@@](N)(O)N(CCCCc1ccccc1)C(=O)OC(C)(C)C)C(C)C. The van der Waals surface area contributed by atoms with Crippen LogP contribution >= 0.6 is 0 Å². The smallest absolute Gasteiger partial charge is 0.413 e. The molecule has 0 spiro atoms. The first-order valence-corrected chi connectivity index (χ1v) is 10.7. The van der Waals surface area contributed by atoms with Crippen LogP contribution in [0.15, 0.2) is 30.3 Å². The van der Waals surface area contributed by atoms with Crippen LogP contribution < -0.4 is 11.1 Å². The molecule has 1 rings (SSSR count). The van der Waals surface area contributed by atoms with E-state index in [4.69, 9.17) is 10.5 Å². The van der Waals surface area contributed by atoms with Crippen LogP contribution in [-0.4, -0.2) is 59.1 Å². The largest absolute Gasteiger partial charge is 0.453 e. The van der Waals surface area contributed by atoms with Crippen molar-refractivity contribution in [2.45, 2.75) is 71.4 Å². The van der Waals surface area contributed by atoms with Crippen LogP contribution in [0.1, 0.15) is 53.0 Å². The van der Waals surface area contributed by atoms with E-state index in [0.29, 0.717) is 12.8 Å². The van der Waals surface area contributed by atoms with Crippen LogP contribution in [0.2, 0.25) is 0 Å². The van der Waals surface area contributed by atoms with Crippen molar-refractivity contribution >= 4 is 18.0 Å². The number of carbonyl (C=O) groups is 3. The molecule has 2 amide bonds. The summed E-state index contributed by atoms with van der Waals surface area (Å²) in [6.45, 7) is 8.35. The molecule has 0 saturated carbocycles. The van der Waals surface area contributed by atoms with E-state index in [1.165, 1.54) is 0 Å². The van der Waals surface area contributed by atoms with Gasteiger partial charge in [-0.3, -0.25) is 15.4 Å². The fraction of sp³-hybridized carbons (Fsp3) is 0.609. The average Bonchev–Trinajstić information content (AvgIpc) is 2.70. The highest BCUT2D eigenvalue weighted by atomic mass is 16.6. The van der Waals surface area contributed by atoms with Crippen molar-refractivity contribution in [1.29, 1.82) is 0 Å². The van der Waals surface area contributed by atoms with Gasteiger partial charge in [-0.2, -0.15) is 0 Å². The molecule has 0 bridgehead atoms. The molecular weight excluding hydrogens is 414 g/mol. The van der Waals surface area contributed by atoms with Gasteiger partial charge in [-0.05, 0) is 51.5 Å². The van der Waals surface area contributed by atoms with Gasteiger partial charge in [-0.1, -0.05) is 44.2 Å². The summed E-state index contributed by atoms with van der Waals surface area (Å²) in [6, 6.07) is 8.65. The number of carbonyl (C=O) groups excluding carboxylic acids is 3. The van der Waals surface area contributed by atoms with E-state index in [-0.39, 0.29) is 6.54 Å². The third kappa shape index (κ3) is 8.47. The molecule has 0 fully saturated rings. The summed E-state index contributed by atoms with van der Waals surface area (Å²) in [4.78, 5) is 38.5. The van der Waals surface area contributed by atoms with Crippen LogP contribution in [0.25, 0.3) is 0 Å². The molecule has 0 heterocycles. The van der Waals surface area contributed by atoms with E-state index < -0.39 is 41.4 Å². The Morgan fingerprint density at radius 3 is 2.22 bits per heavy atom. The first-order valence-electron chi connectivity index (χ1n) is 10.7. The van der Waals surface area contributed by atoms with Crippen LogP contribution in [0.3, 0.4) is 0 Å². The topological polar surface area (TPSA) is 131 Å². The predicted molar refractivity (Wildman–Crippen MR) is 121 cm³/mol. The fourth-order valence-corrected chi connectivity index (χ4v) is 3.04. The molecule has 9 nitrogen and oxygen atoms in total. The van der Waals surface area contributed by atoms with Crippen molar-refractivity contribution in [3.8, 4) is 0 Å². The van der Waals surface area contributed by atoms with Crippen LogP contribution in [0.5, 0.6) is 0 Å². The summed E-state index contributed by atoms with van der Waals surface area (Å²) in [5.41, 5.74) is 6.29. The zero-order chi connectivity index (χ0) is 24.5. The molecule has 32 heavy (non-hydrogen) atoms. The number of ketones is 1. The number of nitrogens with zero attached hydrogens (tertiary/aromatic N) is 1. The lowest BCUT2D eigenvalue weighted by Crippen LogP contribution is -2.69. The molecule has 0 aliphatic heterocycles. The summed E-state index contributed by atoms with van der Waals surface area (Å²) in [7, 11) is 1.16. The Kier molecular flexibility index (Phi) is 10.1. The quantitative estimate of drug-likeness (QED) is 0.368. The molecule has 0 aliphatic rings. The molecule has 0 aromatic heterocycles. The van der Waals surface area contributed by atoms with Gasteiger partial charge >= 0.3 is 12.2 Å². The van der Waals surface area contributed by atoms with Gasteiger partial charge in [-0.15, -0.1) is 0 Å². The Morgan fingerprint density at radius 1 is 1.12 bits per heavy atom. The lowest BCUT2D eigenvalue weighted by Gasteiger charge is -2.38. The number of amides is 2. The number of ether oxygens (including phenoxy) is 2. The summed E-state index contributed by atoms with van der Waals surface area (Å²) in [5, 5.41) is 13.4. The number of hydrogen-bond acceptors (Lipinski definition) is 7. The first kappa shape index (κ1) is 27.4. The molecule has 0 saturated heterocycles. The van der Waals surface area contributed by atoms with Gasteiger partial charge in [0.05, 0.1) is 13.2 Å². The van der Waals surface area contributed by atoms with Gasteiger partial charge in [0, 0.05) is 6.54 Å². The van der Waals surface area contributed by atoms with Gasteiger partial charge in [0.15, 0.2) is 0 Å². The number of rotatable bonds is 10. The minimum Gasteiger partial charge on any atom is -0.453 e. The number of Topliss-reactive ketones (excluding diaryl/α,β-unsaturated/α-hetero) is 1. The van der Waals surface area contributed by atoms with E-state index in [1.54, 1.807) is 34.6 Å². The van der Waals surface area contributed by atoms with Crippen molar-refractivity contribution in [3.05, 3.63) is 35.9 Å². The number of nitrogens with one attached hydrogen (secondary N) is 1. The maximum Gasteiger partial charge on any atom is 0.413 e. The lowest BCUT2D eigenvalue weighted by molar-refractivity contribution is -0.161. The minimum absolute atomic E-state index is 0.0104. The van der Waals surface area contributed by atoms with Crippen molar-refractivity contribution in [2.24, 2.45) is 11.7 Å². The minimum atomic E-state index is -2.69. The number of unbranched alkanes of at least 4 members (excludes halogenated alkanes) is 1. The summed E-state index contributed by atoms with van der Waals surface area (Å²) < 4.78 is 9.94. The molecule has 9 heteroatoms. The van der Waals surface area contributed by atoms with E-state index in [1.807, 2.05) is 30.3 Å². The number of nitrogens with two attached hydrogens (primary N) is 1. The van der Waals surface area contributed by atoms with Crippen LogP contribution in [-0.2, 0) is 20.7 Å². The van der Waals surface area contributed by atoms with Crippen molar-refractivity contribution in [3.63, 3.8) is 0 Å². The summed E-state index contributed by atoms with van der Waals surface area (Å²) in [5.74, 6) is -4.05. The number of aryl methyl sites for hydroxylation is 1. The van der Waals surface area contributed by atoms with Crippen LogP contribution in [0, 0.1) is 5.92 Å². The molecule has 0 unspecified atom stereocenters. The Labute approximate surface area is 190 Å². The number of hydrogen-bond donors (Lipinski definition) is 3. The van der Waals surface area contributed by atoms with Gasteiger partial charge in [0.1, 0.15) is 5.60 Å². The first-order chi connectivity index (χ1) is 14.8. The third-order valence-electron chi connectivity index (χ3n) is 4.74. The van der Waals surface area contributed by atoms with Gasteiger partial charge in [0.2, 0.25) is 5.78 Å². The highest BCUT2D eigenvalue weighted by Gasteiger charge is 2.47. The Bertz CT molecular complexity index is 759.